The van der Waals surface area contributed by atoms with Crippen LogP contribution in [-0.2, 0) is 27.9 Å². The van der Waals surface area contributed by atoms with Crippen LogP contribution in [0, 0.1) is 11.8 Å². The molecule has 0 radical (unpaired) electrons. The van der Waals surface area contributed by atoms with Gasteiger partial charge in [-0.05, 0) is 69.5 Å². The molecule has 1 aromatic rings. The molecule has 3 rings (SSSR count). The molecule has 3 heterocycles. The Morgan fingerprint density at radius 3 is 2.61 bits per heavy atom. The summed E-state index contributed by atoms with van der Waals surface area (Å²) in [5.74, 6) is 5.86. The SMILES string of the molecule is CC#CCOOOO.CC(C)N1CCN(CCCCOc2cc3n(n2)CCCC3)CC1. The van der Waals surface area contributed by atoms with Crippen LogP contribution in [0.1, 0.15) is 52.1 Å². The maximum absolute atomic E-state index is 7.47. The summed E-state index contributed by atoms with van der Waals surface area (Å²) in [4.78, 5) is 9.24. The molecule has 1 aromatic heterocycles. The lowest BCUT2D eigenvalue weighted by molar-refractivity contribution is -0.620. The molecule has 9 heteroatoms. The topological polar surface area (TPSA) is 81.5 Å². The lowest BCUT2D eigenvalue weighted by atomic mass is 10.1. The first-order valence-electron chi connectivity index (χ1n) is 11.3. The molecule has 0 spiro atoms. The van der Waals surface area contributed by atoms with Crippen molar-refractivity contribution in [3.05, 3.63) is 11.8 Å². The van der Waals surface area contributed by atoms with Gasteiger partial charge < -0.3 is 9.64 Å². The van der Waals surface area contributed by atoms with E-state index in [1.807, 2.05) is 0 Å². The van der Waals surface area contributed by atoms with Crippen LogP contribution in [0.2, 0.25) is 0 Å². The van der Waals surface area contributed by atoms with Gasteiger partial charge in [-0.3, -0.25) is 9.58 Å². The minimum Gasteiger partial charge on any atom is -0.477 e. The third-order valence-electron chi connectivity index (χ3n) is 5.54. The van der Waals surface area contributed by atoms with Gasteiger partial charge in [0.15, 0.2) is 0 Å². The molecule has 0 atom stereocenters. The molecule has 0 aliphatic carbocycles. The highest BCUT2D eigenvalue weighted by atomic mass is 17.6. The van der Waals surface area contributed by atoms with E-state index in [9.17, 15) is 0 Å². The first-order chi connectivity index (χ1) is 15.1. The number of hydrogen-bond acceptors (Lipinski definition) is 8. The number of piperazine rings is 1. The molecule has 9 nitrogen and oxygen atoms in total. The van der Waals surface area contributed by atoms with Gasteiger partial charge in [0.25, 0.3) is 0 Å². The number of rotatable bonds is 10. The van der Waals surface area contributed by atoms with Gasteiger partial charge in [0.1, 0.15) is 6.61 Å². The summed E-state index contributed by atoms with van der Waals surface area (Å²) in [6, 6.07) is 2.82. The molecule has 0 amide bonds. The Morgan fingerprint density at radius 2 is 1.94 bits per heavy atom. The number of aryl methyl sites for hydroxylation is 2. The van der Waals surface area contributed by atoms with Gasteiger partial charge in [0.05, 0.1) is 6.61 Å². The van der Waals surface area contributed by atoms with Crippen molar-refractivity contribution in [2.24, 2.45) is 0 Å². The normalized spacial score (nSPS) is 16.8. The monoisotopic (exact) mass is 438 g/mol. The second kappa shape index (κ2) is 15.2. The molecule has 0 bridgehead atoms. The summed E-state index contributed by atoms with van der Waals surface area (Å²) in [7, 11) is 0. The minimum absolute atomic E-state index is 0.0804. The van der Waals surface area contributed by atoms with E-state index in [0.29, 0.717) is 6.04 Å². The van der Waals surface area contributed by atoms with Crippen LogP contribution in [0.15, 0.2) is 6.07 Å². The molecule has 0 unspecified atom stereocenters. The maximum atomic E-state index is 7.47. The average Bonchev–Trinajstić information content (AvgIpc) is 3.20. The van der Waals surface area contributed by atoms with E-state index in [4.69, 9.17) is 9.99 Å². The molecule has 2 aliphatic heterocycles. The molecular weight excluding hydrogens is 400 g/mol. The lowest BCUT2D eigenvalue weighted by Crippen LogP contribution is -2.48. The maximum Gasteiger partial charge on any atom is 0.232 e. The van der Waals surface area contributed by atoms with Crippen LogP contribution in [0.4, 0.5) is 0 Å². The number of unbranched alkanes of at least 4 members (excludes halogenated alkanes) is 1. The fourth-order valence-electron chi connectivity index (χ4n) is 3.73. The van der Waals surface area contributed by atoms with Crippen LogP contribution in [0.3, 0.4) is 0 Å². The van der Waals surface area contributed by atoms with Gasteiger partial charge in [-0.2, -0.15) is 4.89 Å². The summed E-state index contributed by atoms with van der Waals surface area (Å²) in [6.07, 6.45) is 6.02. The van der Waals surface area contributed by atoms with Gasteiger partial charge in [-0.25, -0.2) is 5.26 Å². The van der Waals surface area contributed by atoms with Crippen molar-refractivity contribution in [1.82, 2.24) is 19.6 Å². The standard InChI is InChI=1S/C18H32N4O.C4H6O4/c1-16(2)21-12-10-20(11-13-21)8-5-6-14-23-18-15-17-7-3-4-9-22(17)19-18;1-2-3-4-6-8-7-5/h15-16H,3-14H2,1-2H3;5H,4H2,1H3. The zero-order valence-electron chi connectivity index (χ0n) is 19.2. The van der Waals surface area contributed by atoms with Gasteiger partial charge in [-0.15, -0.1) is 11.0 Å². The minimum atomic E-state index is 0.0804. The van der Waals surface area contributed by atoms with E-state index < -0.39 is 0 Å². The largest absolute Gasteiger partial charge is 0.477 e. The van der Waals surface area contributed by atoms with Gasteiger partial charge in [-0.1, -0.05) is 5.92 Å². The number of nitrogens with zero attached hydrogens (tertiary/aromatic N) is 4. The van der Waals surface area contributed by atoms with Crippen molar-refractivity contribution in [2.75, 3.05) is 45.9 Å². The summed E-state index contributed by atoms with van der Waals surface area (Å²) in [5, 5.41) is 18.7. The van der Waals surface area contributed by atoms with Crippen molar-refractivity contribution in [2.45, 2.75) is 65.5 Å². The fourth-order valence-corrected chi connectivity index (χ4v) is 3.73. The number of hydrogen-bond donors (Lipinski definition) is 1. The number of ether oxygens (including phenoxy) is 1. The zero-order valence-corrected chi connectivity index (χ0v) is 19.2. The van der Waals surface area contributed by atoms with Crippen molar-refractivity contribution in [1.29, 1.82) is 0 Å². The Kier molecular flexibility index (Phi) is 12.5. The van der Waals surface area contributed by atoms with Gasteiger partial charge in [0, 0.05) is 50.5 Å². The van der Waals surface area contributed by atoms with Crippen LogP contribution >= 0.6 is 0 Å². The Labute approximate surface area is 186 Å². The Morgan fingerprint density at radius 1 is 1.13 bits per heavy atom. The van der Waals surface area contributed by atoms with E-state index in [0.717, 1.165) is 31.9 Å². The molecule has 1 N–H and O–H groups in total. The molecule has 176 valence electrons. The predicted molar refractivity (Wildman–Crippen MR) is 117 cm³/mol. The van der Waals surface area contributed by atoms with E-state index in [1.54, 1.807) is 6.92 Å². The van der Waals surface area contributed by atoms with Crippen molar-refractivity contribution >= 4 is 0 Å². The average molecular weight is 439 g/mol. The smallest absolute Gasteiger partial charge is 0.232 e. The first-order valence-corrected chi connectivity index (χ1v) is 11.3. The third-order valence-corrected chi connectivity index (χ3v) is 5.54. The van der Waals surface area contributed by atoms with Crippen LogP contribution in [-0.4, -0.2) is 76.8 Å². The van der Waals surface area contributed by atoms with Crippen LogP contribution in [0.25, 0.3) is 0 Å². The summed E-state index contributed by atoms with van der Waals surface area (Å²) in [6.45, 7) is 14.2. The van der Waals surface area contributed by atoms with E-state index >= 15 is 0 Å². The Balaban J connectivity index is 0.000000366. The van der Waals surface area contributed by atoms with Crippen LogP contribution in [0.5, 0.6) is 5.88 Å². The second-order valence-corrected chi connectivity index (χ2v) is 8.01. The highest BCUT2D eigenvalue weighted by Crippen LogP contribution is 2.19. The number of fused-ring (bicyclic) bond motifs is 1. The Hall–Kier alpha value is -1.67. The van der Waals surface area contributed by atoms with Gasteiger partial charge in [0.2, 0.25) is 5.88 Å². The van der Waals surface area contributed by atoms with Crippen molar-refractivity contribution < 1.29 is 25.0 Å². The summed E-state index contributed by atoms with van der Waals surface area (Å²) in [5.41, 5.74) is 1.34. The third kappa shape index (κ3) is 9.99. The molecule has 0 aromatic carbocycles. The lowest BCUT2D eigenvalue weighted by Gasteiger charge is -2.36. The van der Waals surface area contributed by atoms with Crippen molar-refractivity contribution in [3.8, 4) is 17.7 Å². The molecule has 31 heavy (non-hydrogen) atoms. The second-order valence-electron chi connectivity index (χ2n) is 8.01. The van der Waals surface area contributed by atoms with E-state index in [1.165, 1.54) is 57.7 Å². The fraction of sp³-hybridized carbons (Fsp3) is 0.773. The first kappa shape index (κ1) is 25.6. The quantitative estimate of drug-likeness (QED) is 0.259. The molecule has 1 fully saturated rings. The van der Waals surface area contributed by atoms with Crippen molar-refractivity contribution in [3.63, 3.8) is 0 Å². The van der Waals surface area contributed by atoms with E-state index in [2.05, 4.69) is 66.3 Å². The molecule has 0 saturated carbocycles. The highest BCUT2D eigenvalue weighted by Gasteiger charge is 2.18. The van der Waals surface area contributed by atoms with Gasteiger partial charge >= 0.3 is 0 Å². The van der Waals surface area contributed by atoms with Crippen LogP contribution < -0.4 is 4.74 Å². The molecular formula is C22H38N4O5. The Bertz CT molecular complexity index is 639. The number of aromatic nitrogens is 2. The van der Waals surface area contributed by atoms with E-state index in [-0.39, 0.29) is 6.61 Å². The summed E-state index contributed by atoms with van der Waals surface area (Å²) < 4.78 is 7.96. The predicted octanol–water partition coefficient (Wildman–Crippen LogP) is 2.77. The molecule has 2 aliphatic rings. The summed E-state index contributed by atoms with van der Waals surface area (Å²) >= 11 is 0. The highest BCUT2D eigenvalue weighted by molar-refractivity contribution is 5.16. The zero-order chi connectivity index (χ0) is 22.3. The molecule has 1 saturated heterocycles.